The van der Waals surface area contributed by atoms with Gasteiger partial charge in [-0.1, -0.05) is 164 Å². The lowest BCUT2D eigenvalue weighted by atomic mass is 9.96. The molecule has 2 N–H and O–H groups in total. The number of para-hydroxylation sites is 1. The Kier molecular flexibility index (Phi) is 9.47. The summed E-state index contributed by atoms with van der Waals surface area (Å²) in [7, 11) is 0. The summed E-state index contributed by atoms with van der Waals surface area (Å²) in [6, 6.07) is 53.7. The highest BCUT2D eigenvalue weighted by Crippen LogP contribution is 2.42. The standard InChI is InChI=1S/C52H39N3O2/c1-3-5-15-34(4-2)35-26-28-37(29-27-35)51(53)55-52(38-18-10-7-11-19-38)54-33-40-20-12-24-46-48(40)44-32-39(30-31-45(44)56-46)41-21-14-25-47-49(41)43-23-13-22-42(50(43)57-47)36-16-8-6-9-17-36/h3-32H,1,33H2,2H3,(H2,53,54,55)/b15-5-,34-4+. The van der Waals surface area contributed by atoms with Crippen molar-refractivity contribution in [3.63, 3.8) is 0 Å². The SMILES string of the molecule is C=C/C=C\C(=C/C)c1ccc(C(N)=NC(=NCc2cccc3oc4ccc(-c5cccc6oc7c(-c8ccccc8)cccc7c56)cc4c23)c2ccccc2)cc1. The number of fused-ring (bicyclic) bond motifs is 6. The second-order valence-electron chi connectivity index (χ2n) is 13.9. The normalized spacial score (nSPS) is 12.8. The largest absolute Gasteiger partial charge is 0.456 e. The third kappa shape index (κ3) is 6.77. The van der Waals surface area contributed by atoms with Crippen molar-refractivity contribution in [1.82, 2.24) is 0 Å². The van der Waals surface area contributed by atoms with E-state index in [-0.39, 0.29) is 0 Å². The molecular formula is C52H39N3O2. The molecule has 5 heteroatoms. The van der Waals surface area contributed by atoms with E-state index in [4.69, 9.17) is 24.6 Å². The second kappa shape index (κ2) is 15.3. The number of nitrogens with two attached hydrogens (primary N) is 1. The van der Waals surface area contributed by atoms with Crippen LogP contribution in [0.1, 0.15) is 29.2 Å². The van der Waals surface area contributed by atoms with Crippen LogP contribution < -0.4 is 5.73 Å². The predicted molar refractivity (Wildman–Crippen MR) is 239 cm³/mol. The number of aliphatic imine (C=N–C) groups is 2. The summed E-state index contributed by atoms with van der Waals surface area (Å²) < 4.78 is 13.0. The maximum absolute atomic E-state index is 6.67. The minimum atomic E-state index is 0.376. The number of nitrogens with zero attached hydrogens (tertiary/aromatic N) is 2. The molecule has 274 valence electrons. The van der Waals surface area contributed by atoms with Gasteiger partial charge in [0.05, 0.1) is 6.54 Å². The number of rotatable bonds is 9. The number of furan rings is 2. The van der Waals surface area contributed by atoms with Crippen LogP contribution in [0.4, 0.5) is 0 Å². The van der Waals surface area contributed by atoms with Crippen LogP contribution >= 0.6 is 0 Å². The highest BCUT2D eigenvalue weighted by molar-refractivity contribution is 6.17. The summed E-state index contributed by atoms with van der Waals surface area (Å²) in [6.45, 7) is 6.18. The topological polar surface area (TPSA) is 77.0 Å². The van der Waals surface area contributed by atoms with Crippen LogP contribution in [0.2, 0.25) is 0 Å². The molecule has 7 aromatic carbocycles. The summed E-state index contributed by atoms with van der Waals surface area (Å²) in [5.74, 6) is 0.945. The molecule has 0 aliphatic rings. The van der Waals surface area contributed by atoms with E-state index in [9.17, 15) is 0 Å². The first-order valence-corrected chi connectivity index (χ1v) is 19.0. The number of amidine groups is 2. The fourth-order valence-electron chi connectivity index (χ4n) is 7.61. The number of hydrogen-bond acceptors (Lipinski definition) is 3. The Labute approximate surface area is 331 Å². The fourth-order valence-corrected chi connectivity index (χ4v) is 7.61. The van der Waals surface area contributed by atoms with Crippen LogP contribution in [0.25, 0.3) is 71.7 Å². The van der Waals surface area contributed by atoms with Crippen LogP contribution in [0, 0.1) is 0 Å². The third-order valence-corrected chi connectivity index (χ3v) is 10.4. The number of benzene rings is 7. The van der Waals surface area contributed by atoms with Crippen molar-refractivity contribution in [3.05, 3.63) is 211 Å². The molecule has 9 rings (SSSR count). The van der Waals surface area contributed by atoms with Crippen LogP contribution in [0.5, 0.6) is 0 Å². The summed E-state index contributed by atoms with van der Waals surface area (Å²) in [5.41, 5.74) is 19.3. The first-order chi connectivity index (χ1) is 28.1. The molecule has 9 aromatic rings. The van der Waals surface area contributed by atoms with Gasteiger partial charge >= 0.3 is 0 Å². The van der Waals surface area contributed by atoms with Crippen LogP contribution in [-0.4, -0.2) is 11.7 Å². The van der Waals surface area contributed by atoms with E-state index in [2.05, 4.69) is 104 Å². The van der Waals surface area contributed by atoms with E-state index >= 15 is 0 Å². The highest BCUT2D eigenvalue weighted by Gasteiger charge is 2.18. The van der Waals surface area contributed by atoms with Crippen molar-refractivity contribution >= 4 is 61.1 Å². The fraction of sp³-hybridized carbons (Fsp3) is 0.0385. The minimum Gasteiger partial charge on any atom is -0.456 e. The summed E-state index contributed by atoms with van der Waals surface area (Å²) >= 11 is 0. The first kappa shape index (κ1) is 35.2. The molecule has 0 saturated heterocycles. The predicted octanol–water partition coefficient (Wildman–Crippen LogP) is 13.3. The second-order valence-corrected chi connectivity index (χ2v) is 13.9. The van der Waals surface area contributed by atoms with Gasteiger partial charge in [0.2, 0.25) is 0 Å². The molecule has 0 bridgehead atoms. The van der Waals surface area contributed by atoms with Gasteiger partial charge in [0, 0.05) is 38.2 Å². The zero-order valence-electron chi connectivity index (χ0n) is 31.5. The Morgan fingerprint density at radius 1 is 0.614 bits per heavy atom. The zero-order valence-corrected chi connectivity index (χ0v) is 31.5. The molecule has 0 saturated carbocycles. The maximum Gasteiger partial charge on any atom is 0.157 e. The summed E-state index contributed by atoms with van der Waals surface area (Å²) in [4.78, 5) is 10.0. The lowest BCUT2D eigenvalue weighted by Gasteiger charge is -2.08. The van der Waals surface area contributed by atoms with Crippen molar-refractivity contribution in [1.29, 1.82) is 0 Å². The molecular weight excluding hydrogens is 699 g/mol. The summed E-state index contributed by atoms with van der Waals surface area (Å²) in [5, 5.41) is 4.23. The average Bonchev–Trinajstić information content (AvgIpc) is 3.85. The monoisotopic (exact) mass is 737 g/mol. The van der Waals surface area contributed by atoms with Gasteiger partial charge in [0.25, 0.3) is 0 Å². The van der Waals surface area contributed by atoms with Gasteiger partial charge in [0.15, 0.2) is 5.84 Å². The average molecular weight is 738 g/mol. The molecule has 0 radical (unpaired) electrons. The quantitative estimate of drug-likeness (QED) is 0.0910. The van der Waals surface area contributed by atoms with E-state index in [1.165, 1.54) is 0 Å². The Balaban J connectivity index is 1.11. The molecule has 0 spiro atoms. The lowest BCUT2D eigenvalue weighted by molar-refractivity contribution is 0.668. The van der Waals surface area contributed by atoms with Crippen molar-refractivity contribution in [3.8, 4) is 22.3 Å². The molecule has 0 aliphatic heterocycles. The van der Waals surface area contributed by atoms with Crippen molar-refractivity contribution in [2.24, 2.45) is 15.7 Å². The van der Waals surface area contributed by atoms with Gasteiger partial charge in [0.1, 0.15) is 28.2 Å². The molecule has 0 unspecified atom stereocenters. The van der Waals surface area contributed by atoms with E-state index < -0.39 is 0 Å². The van der Waals surface area contributed by atoms with Crippen LogP contribution in [0.3, 0.4) is 0 Å². The van der Waals surface area contributed by atoms with E-state index in [1.54, 1.807) is 6.08 Å². The minimum absolute atomic E-state index is 0.376. The number of hydrogen-bond donors (Lipinski definition) is 1. The van der Waals surface area contributed by atoms with Crippen molar-refractivity contribution in [2.45, 2.75) is 13.5 Å². The maximum atomic E-state index is 6.67. The Morgan fingerprint density at radius 3 is 2.09 bits per heavy atom. The van der Waals surface area contributed by atoms with E-state index in [1.807, 2.05) is 85.8 Å². The van der Waals surface area contributed by atoms with Crippen LogP contribution in [0.15, 0.2) is 207 Å². The molecule has 0 fully saturated rings. The van der Waals surface area contributed by atoms with Crippen LogP contribution in [-0.2, 0) is 6.54 Å². The van der Waals surface area contributed by atoms with Gasteiger partial charge in [-0.3, -0.25) is 4.99 Å². The summed E-state index contributed by atoms with van der Waals surface area (Å²) in [6.07, 6.45) is 7.80. The molecule has 2 aromatic heterocycles. The zero-order chi connectivity index (χ0) is 38.7. The highest BCUT2D eigenvalue weighted by atomic mass is 16.3. The molecule has 0 aliphatic carbocycles. The number of allylic oxidation sites excluding steroid dienone is 5. The Morgan fingerprint density at radius 2 is 1.32 bits per heavy atom. The first-order valence-electron chi connectivity index (χ1n) is 19.0. The Bertz CT molecular complexity index is 3050. The molecule has 0 atom stereocenters. The van der Waals surface area contributed by atoms with Crippen molar-refractivity contribution < 1.29 is 8.83 Å². The molecule has 5 nitrogen and oxygen atoms in total. The van der Waals surface area contributed by atoms with Gasteiger partial charge in [-0.25, -0.2) is 4.99 Å². The van der Waals surface area contributed by atoms with Gasteiger partial charge in [-0.2, -0.15) is 0 Å². The third-order valence-electron chi connectivity index (χ3n) is 10.4. The van der Waals surface area contributed by atoms with Gasteiger partial charge < -0.3 is 14.6 Å². The Hall–Kier alpha value is -7.50. The molecule has 2 heterocycles. The molecule has 57 heavy (non-hydrogen) atoms. The smallest absolute Gasteiger partial charge is 0.157 e. The van der Waals surface area contributed by atoms with Gasteiger partial charge in [-0.05, 0) is 64.6 Å². The molecule has 0 amide bonds. The van der Waals surface area contributed by atoms with E-state index in [0.29, 0.717) is 18.2 Å². The van der Waals surface area contributed by atoms with Crippen molar-refractivity contribution in [2.75, 3.05) is 0 Å². The lowest BCUT2D eigenvalue weighted by Crippen LogP contribution is -2.16. The van der Waals surface area contributed by atoms with Gasteiger partial charge in [-0.15, -0.1) is 0 Å². The van der Waals surface area contributed by atoms with E-state index in [0.717, 1.165) is 94.0 Å².